The second-order valence-electron chi connectivity index (χ2n) is 5.43. The van der Waals surface area contributed by atoms with Crippen LogP contribution >= 0.6 is 11.3 Å². The van der Waals surface area contributed by atoms with Crippen LogP contribution in [0.25, 0.3) is 21.3 Å². The molecule has 0 saturated heterocycles. The Morgan fingerprint density at radius 3 is 2.88 bits per heavy atom. The van der Waals surface area contributed by atoms with Gasteiger partial charge in [-0.2, -0.15) is 15.4 Å². The molecule has 0 fully saturated rings. The predicted octanol–water partition coefficient (Wildman–Crippen LogP) is 2.93. The van der Waals surface area contributed by atoms with E-state index < -0.39 is 0 Å². The van der Waals surface area contributed by atoms with Crippen LogP contribution in [0.4, 0.5) is 0 Å². The third kappa shape index (κ3) is 2.85. The lowest BCUT2D eigenvalue weighted by Crippen LogP contribution is -2.25. The molecule has 4 aromatic rings. The smallest absolute Gasteiger partial charge is 0.253 e. The third-order valence-corrected chi connectivity index (χ3v) is 4.88. The molecule has 0 unspecified atom stereocenters. The first-order valence-electron chi connectivity index (χ1n) is 7.73. The van der Waals surface area contributed by atoms with Crippen LogP contribution in [0.15, 0.2) is 42.5 Å². The predicted molar refractivity (Wildman–Crippen MR) is 94.2 cm³/mol. The lowest BCUT2D eigenvalue weighted by Gasteiger charge is -2.04. The van der Waals surface area contributed by atoms with Gasteiger partial charge in [0.2, 0.25) is 0 Å². The number of fused-ring (bicyclic) bond motifs is 2. The molecule has 0 spiro atoms. The largest absolute Gasteiger partial charge is 0.352 e. The molecule has 2 N–H and O–H groups in total. The Balaban J connectivity index is 1.35. The van der Waals surface area contributed by atoms with Gasteiger partial charge < -0.3 is 5.32 Å². The number of benzene rings is 2. The first kappa shape index (κ1) is 14.8. The number of carbonyl (C=O) groups excluding carboxylic acids is 1. The van der Waals surface area contributed by atoms with Crippen molar-refractivity contribution in [3.8, 4) is 0 Å². The Morgan fingerprint density at radius 2 is 1.96 bits per heavy atom. The van der Waals surface area contributed by atoms with Crippen molar-refractivity contribution in [2.45, 2.75) is 12.8 Å². The molecule has 0 bridgehead atoms. The van der Waals surface area contributed by atoms with Crippen molar-refractivity contribution in [2.75, 3.05) is 6.54 Å². The summed E-state index contributed by atoms with van der Waals surface area (Å²) in [6.45, 7) is 0.600. The number of aromatic amines is 1. The number of carbonyl (C=O) groups is 1. The number of hydrogen-bond acceptors (Lipinski definition) is 5. The molecule has 2 aromatic carbocycles. The minimum absolute atomic E-state index is 0.126. The van der Waals surface area contributed by atoms with Gasteiger partial charge in [-0.3, -0.25) is 4.79 Å². The summed E-state index contributed by atoms with van der Waals surface area (Å²) in [6.07, 6.45) is 1.70. The first-order chi connectivity index (χ1) is 11.8. The minimum Gasteiger partial charge on any atom is -0.352 e. The highest BCUT2D eigenvalue weighted by molar-refractivity contribution is 7.18. The van der Waals surface area contributed by atoms with Crippen molar-refractivity contribution < 1.29 is 4.79 Å². The topological polar surface area (TPSA) is 83.6 Å². The fourth-order valence-electron chi connectivity index (χ4n) is 2.61. The highest BCUT2D eigenvalue weighted by Gasteiger charge is 2.12. The summed E-state index contributed by atoms with van der Waals surface area (Å²) in [4.78, 5) is 16.9. The fraction of sp³-hybridized carbons (Fsp3) is 0.176. The average Bonchev–Trinajstić information content (AvgIpc) is 3.24. The molecule has 0 aliphatic carbocycles. The van der Waals surface area contributed by atoms with Gasteiger partial charge >= 0.3 is 0 Å². The van der Waals surface area contributed by atoms with Crippen LogP contribution in [0.3, 0.4) is 0 Å². The van der Waals surface area contributed by atoms with Gasteiger partial charge in [0.05, 0.1) is 20.8 Å². The molecule has 2 heterocycles. The molecule has 0 radical (unpaired) electrons. The normalized spacial score (nSPS) is 11.2. The summed E-state index contributed by atoms with van der Waals surface area (Å²) >= 11 is 1.71. The number of rotatable bonds is 5. The van der Waals surface area contributed by atoms with E-state index in [1.54, 1.807) is 23.5 Å². The summed E-state index contributed by atoms with van der Waals surface area (Å²) in [5, 5.41) is 14.6. The quantitative estimate of drug-likeness (QED) is 0.549. The number of aryl methyl sites for hydroxylation is 1. The number of amides is 1. The fourth-order valence-corrected chi connectivity index (χ4v) is 3.62. The van der Waals surface area contributed by atoms with Gasteiger partial charge in [0, 0.05) is 13.0 Å². The molecule has 24 heavy (non-hydrogen) atoms. The van der Waals surface area contributed by atoms with E-state index >= 15 is 0 Å². The number of para-hydroxylation sites is 2. The van der Waals surface area contributed by atoms with Crippen LogP contribution in [-0.4, -0.2) is 32.8 Å². The maximum absolute atomic E-state index is 12.3. The molecule has 120 valence electrons. The standard InChI is InChI=1S/C17H15N5OS/c23-17(11-5-3-7-13-16(11)21-22-20-13)18-10-4-9-15-19-12-6-1-2-8-14(12)24-15/h1-3,5-8H,4,9-10H2,(H,18,23)(H,20,21,22). The average molecular weight is 337 g/mol. The van der Waals surface area contributed by atoms with Crippen LogP contribution in [0, 0.1) is 0 Å². The van der Waals surface area contributed by atoms with Gasteiger partial charge in [-0.05, 0) is 30.7 Å². The molecule has 0 aliphatic heterocycles. The molecule has 1 amide bonds. The SMILES string of the molecule is O=C(NCCCc1nc2ccccc2s1)c1cccc2n[nH]nc12. The number of hydrogen-bond donors (Lipinski definition) is 2. The zero-order valence-electron chi connectivity index (χ0n) is 12.8. The monoisotopic (exact) mass is 337 g/mol. The molecular weight excluding hydrogens is 322 g/mol. The maximum atomic E-state index is 12.3. The summed E-state index contributed by atoms with van der Waals surface area (Å²) in [5.41, 5.74) is 2.87. The van der Waals surface area contributed by atoms with E-state index in [1.165, 1.54) is 4.70 Å². The number of aromatic nitrogens is 4. The lowest BCUT2D eigenvalue weighted by atomic mass is 10.1. The summed E-state index contributed by atoms with van der Waals surface area (Å²) in [5.74, 6) is -0.126. The number of nitrogens with one attached hydrogen (secondary N) is 2. The van der Waals surface area contributed by atoms with E-state index in [9.17, 15) is 4.79 Å². The van der Waals surface area contributed by atoms with E-state index in [0.717, 1.165) is 23.4 Å². The van der Waals surface area contributed by atoms with Gasteiger partial charge in [0.1, 0.15) is 11.0 Å². The van der Waals surface area contributed by atoms with E-state index in [1.807, 2.05) is 24.3 Å². The Morgan fingerprint density at radius 1 is 1.08 bits per heavy atom. The van der Waals surface area contributed by atoms with Gasteiger partial charge in [0.25, 0.3) is 5.91 Å². The maximum Gasteiger partial charge on any atom is 0.253 e. The zero-order chi connectivity index (χ0) is 16.4. The van der Waals surface area contributed by atoms with Gasteiger partial charge in [-0.25, -0.2) is 4.98 Å². The third-order valence-electron chi connectivity index (χ3n) is 3.78. The highest BCUT2D eigenvalue weighted by atomic mass is 32.1. The van der Waals surface area contributed by atoms with Crippen molar-refractivity contribution in [3.63, 3.8) is 0 Å². The van der Waals surface area contributed by atoms with Crippen molar-refractivity contribution in [3.05, 3.63) is 53.0 Å². The highest BCUT2D eigenvalue weighted by Crippen LogP contribution is 2.22. The van der Waals surface area contributed by atoms with Crippen molar-refractivity contribution in [1.82, 2.24) is 25.7 Å². The number of thiazole rings is 1. The van der Waals surface area contributed by atoms with Crippen molar-refractivity contribution in [2.24, 2.45) is 0 Å². The first-order valence-corrected chi connectivity index (χ1v) is 8.55. The second-order valence-corrected chi connectivity index (χ2v) is 6.55. The van der Waals surface area contributed by atoms with E-state index in [4.69, 9.17) is 0 Å². The minimum atomic E-state index is -0.126. The van der Waals surface area contributed by atoms with Gasteiger partial charge in [-0.1, -0.05) is 18.2 Å². The summed E-state index contributed by atoms with van der Waals surface area (Å²) < 4.78 is 1.20. The molecule has 0 saturated carbocycles. The number of nitrogens with zero attached hydrogens (tertiary/aromatic N) is 3. The van der Waals surface area contributed by atoms with Crippen molar-refractivity contribution in [1.29, 1.82) is 0 Å². The number of H-pyrrole nitrogens is 1. The Bertz CT molecular complexity index is 973. The summed E-state index contributed by atoms with van der Waals surface area (Å²) in [6, 6.07) is 13.5. The van der Waals surface area contributed by atoms with Crippen LogP contribution < -0.4 is 5.32 Å². The molecular formula is C17H15N5OS. The van der Waals surface area contributed by atoms with Gasteiger partial charge in [0.15, 0.2) is 0 Å². The Hall–Kier alpha value is -2.80. The molecule has 4 rings (SSSR count). The molecule has 7 heteroatoms. The van der Waals surface area contributed by atoms with Crippen LogP contribution in [0.1, 0.15) is 21.8 Å². The van der Waals surface area contributed by atoms with Crippen LogP contribution in [0.2, 0.25) is 0 Å². The van der Waals surface area contributed by atoms with E-state index in [-0.39, 0.29) is 5.91 Å². The molecule has 2 aromatic heterocycles. The Labute approximate surface area is 141 Å². The van der Waals surface area contributed by atoms with E-state index in [2.05, 4.69) is 31.8 Å². The molecule has 0 aliphatic rings. The van der Waals surface area contributed by atoms with Crippen LogP contribution in [0.5, 0.6) is 0 Å². The van der Waals surface area contributed by atoms with Crippen molar-refractivity contribution >= 4 is 38.5 Å². The lowest BCUT2D eigenvalue weighted by molar-refractivity contribution is 0.0954. The van der Waals surface area contributed by atoms with Crippen LogP contribution in [-0.2, 0) is 6.42 Å². The Kier molecular flexibility index (Phi) is 3.92. The summed E-state index contributed by atoms with van der Waals surface area (Å²) in [7, 11) is 0. The zero-order valence-corrected chi connectivity index (χ0v) is 13.6. The second kappa shape index (κ2) is 6.37. The van der Waals surface area contributed by atoms with E-state index in [0.29, 0.717) is 23.1 Å². The van der Waals surface area contributed by atoms with Gasteiger partial charge in [-0.15, -0.1) is 11.3 Å². The molecule has 0 atom stereocenters. The molecule has 6 nitrogen and oxygen atoms in total.